The Morgan fingerprint density at radius 3 is 2.63 bits per heavy atom. The Labute approximate surface area is 120 Å². The van der Waals surface area contributed by atoms with Gasteiger partial charge >= 0.3 is 0 Å². The van der Waals surface area contributed by atoms with Crippen LogP contribution >= 0.6 is 0 Å². The monoisotopic (exact) mass is 269 g/mol. The zero-order valence-electron chi connectivity index (χ0n) is 13.6. The van der Waals surface area contributed by atoms with Crippen molar-refractivity contribution in [3.63, 3.8) is 0 Å². The van der Waals surface area contributed by atoms with Crippen LogP contribution in [0.3, 0.4) is 0 Å². The largest absolute Gasteiger partial charge is 0.385 e. The standard InChI is InChI=1S/C17H35NO/c1-5-11-18-17-10-9-15(14(2)3)13-16(17)8-6-7-12-19-4/h14-18H,5-13H2,1-4H3. The molecule has 1 fully saturated rings. The third-order valence-electron chi connectivity index (χ3n) is 4.80. The molecule has 19 heavy (non-hydrogen) atoms. The lowest BCUT2D eigenvalue weighted by molar-refractivity contribution is 0.150. The molecule has 1 aliphatic carbocycles. The van der Waals surface area contributed by atoms with E-state index in [9.17, 15) is 0 Å². The fraction of sp³-hybridized carbons (Fsp3) is 1.00. The maximum absolute atomic E-state index is 5.17. The van der Waals surface area contributed by atoms with E-state index in [0.717, 1.165) is 30.4 Å². The first kappa shape index (κ1) is 17.0. The van der Waals surface area contributed by atoms with Gasteiger partial charge in [0, 0.05) is 19.8 Å². The van der Waals surface area contributed by atoms with Crippen LogP contribution in [-0.4, -0.2) is 26.3 Å². The molecule has 114 valence electrons. The second kappa shape index (κ2) is 9.77. The first-order valence-corrected chi connectivity index (χ1v) is 8.41. The minimum Gasteiger partial charge on any atom is -0.385 e. The van der Waals surface area contributed by atoms with E-state index < -0.39 is 0 Å². The van der Waals surface area contributed by atoms with E-state index in [0.29, 0.717) is 0 Å². The number of rotatable bonds is 9. The van der Waals surface area contributed by atoms with Crippen molar-refractivity contribution in [1.82, 2.24) is 5.32 Å². The van der Waals surface area contributed by atoms with Gasteiger partial charge in [-0.2, -0.15) is 0 Å². The van der Waals surface area contributed by atoms with Gasteiger partial charge in [-0.1, -0.05) is 27.2 Å². The maximum Gasteiger partial charge on any atom is 0.0462 e. The normalized spacial score (nSPS) is 27.9. The van der Waals surface area contributed by atoms with Crippen LogP contribution in [0.4, 0.5) is 0 Å². The molecule has 0 aromatic heterocycles. The van der Waals surface area contributed by atoms with Gasteiger partial charge in [0.1, 0.15) is 0 Å². The van der Waals surface area contributed by atoms with Gasteiger partial charge in [0.15, 0.2) is 0 Å². The molecule has 0 aromatic carbocycles. The summed E-state index contributed by atoms with van der Waals surface area (Å²) in [5.41, 5.74) is 0. The summed E-state index contributed by atoms with van der Waals surface area (Å²) in [6, 6.07) is 0.775. The lowest BCUT2D eigenvalue weighted by Crippen LogP contribution is -2.41. The number of hydrogen-bond acceptors (Lipinski definition) is 2. The number of ether oxygens (including phenoxy) is 1. The maximum atomic E-state index is 5.17. The fourth-order valence-electron chi connectivity index (χ4n) is 3.48. The number of methoxy groups -OCH3 is 1. The molecule has 1 saturated carbocycles. The Balaban J connectivity index is 2.40. The van der Waals surface area contributed by atoms with Crippen molar-refractivity contribution in [1.29, 1.82) is 0 Å². The summed E-state index contributed by atoms with van der Waals surface area (Å²) in [4.78, 5) is 0. The molecule has 0 saturated heterocycles. The summed E-state index contributed by atoms with van der Waals surface area (Å²) in [5.74, 6) is 2.70. The van der Waals surface area contributed by atoms with Crippen molar-refractivity contribution in [2.24, 2.45) is 17.8 Å². The summed E-state index contributed by atoms with van der Waals surface area (Å²) in [7, 11) is 1.81. The minimum absolute atomic E-state index is 0.775. The smallest absolute Gasteiger partial charge is 0.0462 e. The summed E-state index contributed by atoms with van der Waals surface area (Å²) in [6.07, 6.45) is 9.43. The topological polar surface area (TPSA) is 21.3 Å². The van der Waals surface area contributed by atoms with Gasteiger partial charge in [-0.05, 0) is 62.8 Å². The van der Waals surface area contributed by atoms with Crippen LogP contribution in [0.2, 0.25) is 0 Å². The molecule has 0 spiro atoms. The lowest BCUT2D eigenvalue weighted by Gasteiger charge is -2.38. The molecule has 3 unspecified atom stereocenters. The zero-order valence-corrected chi connectivity index (χ0v) is 13.6. The van der Waals surface area contributed by atoms with Crippen LogP contribution in [0.1, 0.15) is 65.7 Å². The van der Waals surface area contributed by atoms with Crippen molar-refractivity contribution < 1.29 is 4.74 Å². The molecule has 1 rings (SSSR count). The average Bonchev–Trinajstić information content (AvgIpc) is 2.41. The second-order valence-electron chi connectivity index (χ2n) is 6.63. The van der Waals surface area contributed by atoms with Crippen molar-refractivity contribution >= 4 is 0 Å². The Morgan fingerprint density at radius 1 is 1.21 bits per heavy atom. The molecular weight excluding hydrogens is 234 g/mol. The van der Waals surface area contributed by atoms with Crippen LogP contribution in [0.25, 0.3) is 0 Å². The van der Waals surface area contributed by atoms with Gasteiger partial charge < -0.3 is 10.1 Å². The first-order valence-electron chi connectivity index (χ1n) is 8.41. The highest BCUT2D eigenvalue weighted by Crippen LogP contribution is 2.36. The molecule has 1 aliphatic rings. The van der Waals surface area contributed by atoms with Crippen molar-refractivity contribution in [3.05, 3.63) is 0 Å². The van der Waals surface area contributed by atoms with Crippen LogP contribution < -0.4 is 5.32 Å². The molecule has 2 nitrogen and oxygen atoms in total. The van der Waals surface area contributed by atoms with Crippen molar-refractivity contribution in [2.45, 2.75) is 71.8 Å². The highest BCUT2D eigenvalue weighted by atomic mass is 16.5. The summed E-state index contributed by atoms with van der Waals surface area (Å²) >= 11 is 0. The second-order valence-corrected chi connectivity index (χ2v) is 6.63. The molecule has 0 aliphatic heterocycles. The summed E-state index contributed by atoms with van der Waals surface area (Å²) < 4.78 is 5.17. The van der Waals surface area contributed by atoms with Crippen molar-refractivity contribution in [2.75, 3.05) is 20.3 Å². The summed E-state index contributed by atoms with van der Waals surface area (Å²) in [5, 5.41) is 3.79. The molecule has 3 atom stereocenters. The Kier molecular flexibility index (Phi) is 8.72. The number of unbranched alkanes of at least 4 members (excludes halogenated alkanes) is 1. The molecule has 0 amide bonds. The van der Waals surface area contributed by atoms with E-state index in [1.54, 1.807) is 7.11 Å². The van der Waals surface area contributed by atoms with E-state index in [1.807, 2.05) is 0 Å². The molecule has 0 heterocycles. The van der Waals surface area contributed by atoms with E-state index in [2.05, 4.69) is 26.1 Å². The predicted octanol–water partition coefficient (Wildman–Crippen LogP) is 4.24. The predicted molar refractivity (Wildman–Crippen MR) is 83.5 cm³/mol. The summed E-state index contributed by atoms with van der Waals surface area (Å²) in [6.45, 7) is 9.16. The molecule has 2 heteroatoms. The van der Waals surface area contributed by atoms with E-state index >= 15 is 0 Å². The van der Waals surface area contributed by atoms with Gasteiger partial charge in [-0.15, -0.1) is 0 Å². The lowest BCUT2D eigenvalue weighted by atomic mass is 9.72. The molecule has 0 bridgehead atoms. The van der Waals surface area contributed by atoms with Gasteiger partial charge in [0.05, 0.1) is 0 Å². The Morgan fingerprint density at radius 2 is 2.00 bits per heavy atom. The highest BCUT2D eigenvalue weighted by molar-refractivity contribution is 4.85. The van der Waals surface area contributed by atoms with Gasteiger partial charge in [-0.25, -0.2) is 0 Å². The first-order chi connectivity index (χ1) is 9.19. The van der Waals surface area contributed by atoms with E-state index in [4.69, 9.17) is 4.74 Å². The van der Waals surface area contributed by atoms with Crippen LogP contribution in [-0.2, 0) is 4.74 Å². The quantitative estimate of drug-likeness (QED) is 0.632. The third kappa shape index (κ3) is 6.27. The molecule has 1 N–H and O–H groups in total. The van der Waals surface area contributed by atoms with Crippen LogP contribution in [0.15, 0.2) is 0 Å². The van der Waals surface area contributed by atoms with E-state index in [1.165, 1.54) is 51.5 Å². The Hall–Kier alpha value is -0.0800. The number of hydrogen-bond donors (Lipinski definition) is 1. The molecular formula is C17H35NO. The third-order valence-corrected chi connectivity index (χ3v) is 4.80. The van der Waals surface area contributed by atoms with Gasteiger partial charge in [0.2, 0.25) is 0 Å². The van der Waals surface area contributed by atoms with E-state index in [-0.39, 0.29) is 0 Å². The molecule has 0 aromatic rings. The van der Waals surface area contributed by atoms with Crippen LogP contribution in [0.5, 0.6) is 0 Å². The zero-order chi connectivity index (χ0) is 14.1. The Bertz CT molecular complexity index is 217. The van der Waals surface area contributed by atoms with Gasteiger partial charge in [0.25, 0.3) is 0 Å². The molecule has 0 radical (unpaired) electrons. The number of nitrogens with one attached hydrogen (secondary N) is 1. The SMILES string of the molecule is CCCNC1CCC(C(C)C)CC1CCCCOC. The minimum atomic E-state index is 0.775. The van der Waals surface area contributed by atoms with Crippen molar-refractivity contribution in [3.8, 4) is 0 Å². The average molecular weight is 269 g/mol. The van der Waals surface area contributed by atoms with Crippen LogP contribution in [0, 0.1) is 17.8 Å². The van der Waals surface area contributed by atoms with Gasteiger partial charge in [-0.3, -0.25) is 0 Å². The fourth-order valence-corrected chi connectivity index (χ4v) is 3.48. The highest BCUT2D eigenvalue weighted by Gasteiger charge is 2.30.